The Morgan fingerprint density at radius 2 is 2.08 bits per heavy atom. The van der Waals surface area contributed by atoms with E-state index in [1.165, 1.54) is 37.7 Å². The van der Waals surface area contributed by atoms with E-state index in [-0.39, 0.29) is 50.7 Å². The van der Waals surface area contributed by atoms with E-state index in [2.05, 4.69) is 27.9 Å². The van der Waals surface area contributed by atoms with Crippen LogP contribution in [0.4, 0.5) is 0 Å². The summed E-state index contributed by atoms with van der Waals surface area (Å²) in [5.74, 6) is 0.957. The minimum absolute atomic E-state index is 0. The molecule has 0 radical (unpaired) electrons. The van der Waals surface area contributed by atoms with Gasteiger partial charge in [0.05, 0.1) is 0 Å². The normalized spacial score (nSPS) is 22.2. The van der Waals surface area contributed by atoms with Crippen LogP contribution >= 0.6 is 15.9 Å². The Kier molecular flexibility index (Phi) is 18.8. The molecule has 1 atom stereocenters. The summed E-state index contributed by atoms with van der Waals surface area (Å²) in [6.45, 7) is 2.62. The maximum Gasteiger partial charge on any atom is 1.00 e. The summed E-state index contributed by atoms with van der Waals surface area (Å²) in [4.78, 5) is 2.44. The zero-order chi connectivity index (χ0) is 7.40. The minimum Gasteiger partial charge on any atom is -1.00 e. The zero-order valence-corrected chi connectivity index (χ0v) is 14.0. The number of likely N-dealkylation sites (tertiary alicyclic amines) is 1. The molecule has 1 fully saturated rings. The van der Waals surface area contributed by atoms with Crippen molar-refractivity contribution in [3.63, 3.8) is 0 Å². The second-order valence-electron chi connectivity index (χ2n) is 3.25. The summed E-state index contributed by atoms with van der Waals surface area (Å²) in [7, 11) is 2.22. The molecule has 1 saturated heterocycles. The van der Waals surface area contributed by atoms with Crippen molar-refractivity contribution in [1.82, 2.24) is 4.90 Å². The molecule has 1 heterocycles. The number of hydrogen-bond donors (Lipinski definition) is 0. The molecule has 5 heteroatoms. The molecule has 0 saturated carbocycles. The van der Waals surface area contributed by atoms with E-state index in [4.69, 9.17) is 0 Å². The Balaban J connectivity index is -0.000000333. The fourth-order valence-corrected chi connectivity index (χ4v) is 2.31. The van der Waals surface area contributed by atoms with Crippen molar-refractivity contribution in [2.45, 2.75) is 19.3 Å². The number of halogens is 2. The van der Waals surface area contributed by atoms with Crippen molar-refractivity contribution in [2.24, 2.45) is 5.92 Å². The summed E-state index contributed by atoms with van der Waals surface area (Å²) >= 11 is 3.49. The minimum atomic E-state index is 0. The first-order valence-corrected chi connectivity index (χ1v) is 5.19. The van der Waals surface area contributed by atoms with Crippen LogP contribution in [-0.4, -0.2) is 30.4 Å². The number of piperidine rings is 1. The number of rotatable bonds is 2. The van der Waals surface area contributed by atoms with Gasteiger partial charge in [-0.05, 0) is 38.8 Å². The first-order valence-electron chi connectivity index (χ1n) is 4.07. The number of hydrogen-bond acceptors (Lipinski definition) is 1. The molecule has 13 heavy (non-hydrogen) atoms. The first-order chi connectivity index (χ1) is 4.83. The van der Waals surface area contributed by atoms with Gasteiger partial charge in [-0.3, -0.25) is 0 Å². The van der Waals surface area contributed by atoms with Crippen molar-refractivity contribution in [3.8, 4) is 0 Å². The molecule has 1 rings (SSSR count). The Bertz CT molecular complexity index is 108. The van der Waals surface area contributed by atoms with Gasteiger partial charge in [0, 0.05) is 31.4 Å². The average Bonchev–Trinajstić information content (AvgIpc) is 1.88. The Labute approximate surface area is 121 Å². The van der Waals surface area contributed by atoms with Crippen molar-refractivity contribution in [3.05, 3.63) is 0 Å². The van der Waals surface area contributed by atoms with Crippen molar-refractivity contribution < 1.29 is 50.7 Å². The van der Waals surface area contributed by atoms with Gasteiger partial charge >= 0.3 is 18.9 Å². The smallest absolute Gasteiger partial charge is 1.00 e. The monoisotopic (exact) mass is 311 g/mol. The van der Waals surface area contributed by atoms with Gasteiger partial charge in [0.1, 0.15) is 0 Å². The van der Waals surface area contributed by atoms with Crippen LogP contribution in [0.5, 0.6) is 0 Å². The Morgan fingerprint density at radius 3 is 2.54 bits per heavy atom. The largest absolute Gasteiger partial charge is 1.00 e. The van der Waals surface area contributed by atoms with Crippen LogP contribution in [0.2, 0.25) is 0 Å². The van der Waals surface area contributed by atoms with E-state index in [0.717, 1.165) is 5.92 Å². The molecule has 70 valence electrons. The molecule has 1 aliphatic rings. The molecule has 0 aromatic carbocycles. The predicted molar refractivity (Wildman–Crippen MR) is 48.6 cm³/mol. The molecule has 1 aliphatic heterocycles. The van der Waals surface area contributed by atoms with E-state index in [1.54, 1.807) is 0 Å². The summed E-state index contributed by atoms with van der Waals surface area (Å²) in [6.07, 6.45) is 4.19. The van der Waals surface area contributed by atoms with Crippen molar-refractivity contribution >= 4 is 15.9 Å². The molecule has 0 aromatic rings. The van der Waals surface area contributed by atoms with Crippen LogP contribution < -0.4 is 31.3 Å². The van der Waals surface area contributed by atoms with Gasteiger partial charge in [0.25, 0.3) is 0 Å². The van der Waals surface area contributed by atoms with Crippen molar-refractivity contribution in [1.29, 1.82) is 0 Å². The van der Waals surface area contributed by atoms with Gasteiger partial charge < -0.3 is 17.3 Å². The number of alkyl halides is 1. The molecule has 0 spiro atoms. The summed E-state index contributed by atoms with van der Waals surface area (Å²) in [5.41, 5.74) is 0. The quantitative estimate of drug-likeness (QED) is 0.372. The number of nitrogens with zero attached hydrogens (tertiary/aromatic N) is 1. The van der Waals surface area contributed by atoms with Gasteiger partial charge in [0.15, 0.2) is 0 Å². The maximum atomic E-state index is 3.49. The fraction of sp³-hybridized carbons (Fsp3) is 1.00. The second-order valence-corrected chi connectivity index (χ2v) is 4.04. The average molecular weight is 314 g/mol. The molecule has 1 nitrogen and oxygen atoms in total. The van der Waals surface area contributed by atoms with Crippen LogP contribution in [0.1, 0.15) is 19.3 Å². The van der Waals surface area contributed by atoms with Gasteiger partial charge in [-0.25, -0.2) is 0 Å². The Hall–Kier alpha value is 1.95. The SMILES string of the molecule is CN1CCCC(CCBr)C1.[Cl-].[Li+].[Zn]. The van der Waals surface area contributed by atoms with E-state index in [9.17, 15) is 0 Å². The van der Waals surface area contributed by atoms with E-state index >= 15 is 0 Å². The van der Waals surface area contributed by atoms with Crippen LogP contribution in [0.3, 0.4) is 0 Å². The molecule has 1 unspecified atom stereocenters. The zero-order valence-electron chi connectivity index (χ0n) is 8.73. The third-order valence-electron chi connectivity index (χ3n) is 2.24. The van der Waals surface area contributed by atoms with Crippen molar-refractivity contribution in [2.75, 3.05) is 25.5 Å². The van der Waals surface area contributed by atoms with Crippen LogP contribution in [0, 0.1) is 5.92 Å². The topological polar surface area (TPSA) is 3.24 Å². The second kappa shape index (κ2) is 12.0. The van der Waals surface area contributed by atoms with E-state index < -0.39 is 0 Å². The Morgan fingerprint density at radius 1 is 1.46 bits per heavy atom. The van der Waals surface area contributed by atoms with Crippen LogP contribution in [-0.2, 0) is 19.5 Å². The third-order valence-corrected chi connectivity index (χ3v) is 2.70. The van der Waals surface area contributed by atoms with Gasteiger partial charge in [0.2, 0.25) is 0 Å². The third kappa shape index (κ3) is 8.91. The molecular formula is C8H16BrClLiNZn. The van der Waals surface area contributed by atoms with Gasteiger partial charge in [-0.1, -0.05) is 15.9 Å². The maximum absolute atomic E-state index is 3.49. The van der Waals surface area contributed by atoms with Crippen LogP contribution in [0.15, 0.2) is 0 Å². The summed E-state index contributed by atoms with van der Waals surface area (Å²) in [5, 5.41) is 1.17. The van der Waals surface area contributed by atoms with E-state index in [1.807, 2.05) is 0 Å². The molecule has 0 bridgehead atoms. The van der Waals surface area contributed by atoms with Crippen LogP contribution in [0.25, 0.3) is 0 Å². The molecule has 0 aliphatic carbocycles. The summed E-state index contributed by atoms with van der Waals surface area (Å²) in [6, 6.07) is 0. The summed E-state index contributed by atoms with van der Waals surface area (Å²) < 4.78 is 0. The van der Waals surface area contributed by atoms with Gasteiger partial charge in [-0.2, -0.15) is 0 Å². The molecule has 0 amide bonds. The molecular weight excluding hydrogens is 298 g/mol. The molecule has 0 aromatic heterocycles. The standard InChI is InChI=1S/C8H16BrN.ClH.Li.Zn/c1-10-6-2-3-8(7-10)4-5-9;;;/h8H,2-7H2,1H3;1H;;/q;;+1;/p-1. The first kappa shape index (κ1) is 20.4. The molecule has 0 N–H and O–H groups in total. The predicted octanol–water partition coefficient (Wildman–Crippen LogP) is -3.88. The fourth-order valence-electron chi connectivity index (χ4n) is 1.66. The van der Waals surface area contributed by atoms with E-state index in [0.29, 0.717) is 0 Å². The van der Waals surface area contributed by atoms with Gasteiger partial charge in [-0.15, -0.1) is 0 Å².